The summed E-state index contributed by atoms with van der Waals surface area (Å²) in [5.41, 5.74) is 0.826. The highest BCUT2D eigenvalue weighted by Gasteiger charge is 2.24. The van der Waals surface area contributed by atoms with Gasteiger partial charge in [0.2, 0.25) is 0 Å². The predicted molar refractivity (Wildman–Crippen MR) is 125 cm³/mol. The van der Waals surface area contributed by atoms with Gasteiger partial charge in [-0.05, 0) is 41.9 Å². The van der Waals surface area contributed by atoms with Gasteiger partial charge < -0.3 is 15.0 Å². The van der Waals surface area contributed by atoms with Crippen LogP contribution in [-0.2, 0) is 11.3 Å². The molecule has 2 N–H and O–H groups in total. The number of rotatable bonds is 7. The van der Waals surface area contributed by atoms with E-state index in [4.69, 9.17) is 17.0 Å². The summed E-state index contributed by atoms with van der Waals surface area (Å²) in [5, 5.41) is 5.59. The van der Waals surface area contributed by atoms with Crippen molar-refractivity contribution >= 4 is 40.4 Å². The largest absolute Gasteiger partial charge is 0.379 e. The normalized spacial score (nSPS) is 15.6. The van der Waals surface area contributed by atoms with Crippen molar-refractivity contribution in [2.24, 2.45) is 0 Å². The van der Waals surface area contributed by atoms with Crippen molar-refractivity contribution in [3.8, 4) is 0 Å². The van der Waals surface area contributed by atoms with E-state index in [2.05, 4.69) is 33.2 Å². The molecule has 1 aliphatic rings. The Morgan fingerprint density at radius 1 is 1.35 bits per heavy atom. The number of thiophene rings is 1. The van der Waals surface area contributed by atoms with E-state index in [1.807, 2.05) is 6.07 Å². The van der Waals surface area contributed by atoms with Crippen LogP contribution in [0.15, 0.2) is 53.2 Å². The van der Waals surface area contributed by atoms with Gasteiger partial charge in [0, 0.05) is 36.6 Å². The number of nitrogens with one attached hydrogen (secondary N) is 2. The lowest BCUT2D eigenvalue weighted by Gasteiger charge is -2.34. The minimum Gasteiger partial charge on any atom is -0.379 e. The van der Waals surface area contributed by atoms with E-state index in [1.54, 1.807) is 35.6 Å². The van der Waals surface area contributed by atoms with Gasteiger partial charge in [0.15, 0.2) is 4.77 Å². The molecular weight excluding hydrogens is 432 g/mol. The van der Waals surface area contributed by atoms with Crippen LogP contribution in [0.3, 0.4) is 0 Å². The molecule has 162 valence electrons. The summed E-state index contributed by atoms with van der Waals surface area (Å²) >= 11 is 6.98. The fourth-order valence-corrected chi connectivity index (χ4v) is 4.89. The number of ether oxygens (including phenoxy) is 1. The van der Waals surface area contributed by atoms with Crippen molar-refractivity contribution in [1.29, 1.82) is 0 Å². The first-order chi connectivity index (χ1) is 15.1. The van der Waals surface area contributed by atoms with Crippen LogP contribution in [0.5, 0.6) is 0 Å². The van der Waals surface area contributed by atoms with Crippen LogP contribution in [0.4, 0.5) is 0 Å². The number of hydrogen-bond acceptors (Lipinski definition) is 6. The van der Waals surface area contributed by atoms with E-state index in [0.29, 0.717) is 47.5 Å². The molecule has 4 rings (SSSR count). The zero-order valence-electron chi connectivity index (χ0n) is 17.0. The van der Waals surface area contributed by atoms with E-state index in [1.165, 1.54) is 9.44 Å². The lowest BCUT2D eigenvalue weighted by Crippen LogP contribution is -2.43. The molecule has 3 aromatic rings. The third-order valence-electron chi connectivity index (χ3n) is 5.37. The van der Waals surface area contributed by atoms with E-state index < -0.39 is 0 Å². The van der Waals surface area contributed by atoms with E-state index >= 15 is 0 Å². The maximum absolute atomic E-state index is 12.9. The molecule has 31 heavy (non-hydrogen) atoms. The van der Waals surface area contributed by atoms with Crippen molar-refractivity contribution in [1.82, 2.24) is 19.8 Å². The molecular formula is C22H24N4O3S2. The first-order valence-electron chi connectivity index (χ1n) is 10.1. The lowest BCUT2D eigenvalue weighted by atomic mass is 10.1. The van der Waals surface area contributed by atoms with Gasteiger partial charge in [0.05, 0.1) is 30.2 Å². The summed E-state index contributed by atoms with van der Waals surface area (Å²) < 4.78 is 7.22. The quantitative estimate of drug-likeness (QED) is 0.422. The first-order valence-corrected chi connectivity index (χ1v) is 11.4. The second-order valence-corrected chi connectivity index (χ2v) is 8.65. The average molecular weight is 457 g/mol. The Bertz CT molecular complexity index is 1190. The van der Waals surface area contributed by atoms with Crippen molar-refractivity contribution in [2.45, 2.75) is 12.6 Å². The van der Waals surface area contributed by atoms with Crippen molar-refractivity contribution in [3.05, 3.63) is 73.9 Å². The number of amides is 1. The number of carbonyl (C=O) groups is 1. The smallest absolute Gasteiger partial charge is 0.262 e. The third-order valence-corrected chi connectivity index (χ3v) is 6.67. The van der Waals surface area contributed by atoms with Crippen molar-refractivity contribution in [3.63, 3.8) is 0 Å². The molecule has 1 amide bonds. The summed E-state index contributed by atoms with van der Waals surface area (Å²) in [4.78, 5) is 32.2. The number of fused-ring (bicyclic) bond motifs is 1. The SMILES string of the molecule is C=CCn1c(=S)[nH]c2cc(C(=O)NCC(c3cccs3)N3CCOCC3)ccc2c1=O. The van der Waals surface area contributed by atoms with Gasteiger partial charge in [-0.1, -0.05) is 12.1 Å². The Hall–Kier alpha value is -2.59. The Labute approximate surface area is 189 Å². The molecule has 1 aliphatic heterocycles. The highest BCUT2D eigenvalue weighted by molar-refractivity contribution is 7.71. The molecule has 3 heterocycles. The van der Waals surface area contributed by atoms with Gasteiger partial charge in [-0.2, -0.15) is 0 Å². The fourth-order valence-electron chi connectivity index (χ4n) is 3.76. The van der Waals surface area contributed by atoms with E-state index in [9.17, 15) is 9.59 Å². The summed E-state index contributed by atoms with van der Waals surface area (Å²) in [6.45, 7) is 7.55. The Balaban J connectivity index is 1.54. The number of H-pyrrole nitrogens is 1. The molecule has 1 saturated heterocycles. The van der Waals surface area contributed by atoms with Crippen molar-refractivity contribution < 1.29 is 9.53 Å². The number of hydrogen-bond donors (Lipinski definition) is 2. The fraction of sp³-hybridized carbons (Fsp3) is 0.318. The second kappa shape index (κ2) is 9.69. The van der Waals surface area contributed by atoms with Crippen LogP contribution in [0, 0.1) is 4.77 Å². The lowest BCUT2D eigenvalue weighted by molar-refractivity contribution is 0.0169. The number of aromatic amines is 1. The van der Waals surface area contributed by atoms with Gasteiger partial charge in [-0.3, -0.25) is 19.1 Å². The highest BCUT2D eigenvalue weighted by atomic mass is 32.1. The standard InChI is InChI=1S/C22H24N4O3S2/c1-2-7-26-21(28)16-6-5-15(13-17(16)24-22(26)30)20(27)23-14-18(19-4-3-12-31-19)25-8-10-29-11-9-25/h2-6,12-13,18H,1,7-11,14H2,(H,23,27)(H,24,30). The molecule has 0 aliphatic carbocycles. The number of allylic oxidation sites excluding steroid dienone is 1. The topological polar surface area (TPSA) is 79.4 Å². The molecule has 0 spiro atoms. The molecule has 7 nitrogen and oxygen atoms in total. The third kappa shape index (κ3) is 4.69. The summed E-state index contributed by atoms with van der Waals surface area (Å²) in [7, 11) is 0. The number of morpholine rings is 1. The van der Waals surface area contributed by atoms with Gasteiger partial charge in [-0.25, -0.2) is 0 Å². The minimum absolute atomic E-state index is 0.102. The molecule has 0 saturated carbocycles. The van der Waals surface area contributed by atoms with Crippen molar-refractivity contribution in [2.75, 3.05) is 32.8 Å². The maximum Gasteiger partial charge on any atom is 0.262 e. The number of nitrogens with zero attached hydrogens (tertiary/aromatic N) is 2. The zero-order valence-corrected chi connectivity index (χ0v) is 18.6. The summed E-state index contributed by atoms with van der Waals surface area (Å²) in [5.74, 6) is -0.189. The van der Waals surface area contributed by atoms with Crippen LogP contribution in [0.2, 0.25) is 0 Å². The van der Waals surface area contributed by atoms with E-state index in [-0.39, 0.29) is 17.5 Å². The van der Waals surface area contributed by atoms with Gasteiger partial charge in [0.1, 0.15) is 0 Å². The number of aromatic nitrogens is 2. The Morgan fingerprint density at radius 3 is 2.87 bits per heavy atom. The van der Waals surface area contributed by atoms with Crippen LogP contribution in [0.1, 0.15) is 21.3 Å². The average Bonchev–Trinajstić information content (AvgIpc) is 3.31. The molecule has 1 aromatic carbocycles. The molecule has 9 heteroatoms. The maximum atomic E-state index is 12.9. The summed E-state index contributed by atoms with van der Waals surface area (Å²) in [6, 6.07) is 9.24. The molecule has 0 bridgehead atoms. The summed E-state index contributed by atoms with van der Waals surface area (Å²) in [6.07, 6.45) is 1.62. The zero-order chi connectivity index (χ0) is 21.8. The molecule has 2 aromatic heterocycles. The van der Waals surface area contributed by atoms with Crippen LogP contribution < -0.4 is 10.9 Å². The van der Waals surface area contributed by atoms with Gasteiger partial charge in [-0.15, -0.1) is 17.9 Å². The highest BCUT2D eigenvalue weighted by Crippen LogP contribution is 2.25. The Morgan fingerprint density at radius 2 is 2.16 bits per heavy atom. The molecule has 1 unspecified atom stereocenters. The minimum atomic E-state index is -0.198. The van der Waals surface area contributed by atoms with Gasteiger partial charge in [0.25, 0.3) is 11.5 Å². The van der Waals surface area contributed by atoms with Crippen LogP contribution in [-0.4, -0.2) is 53.2 Å². The molecule has 0 radical (unpaired) electrons. The Kier molecular flexibility index (Phi) is 6.77. The molecule has 1 atom stereocenters. The van der Waals surface area contributed by atoms with Gasteiger partial charge >= 0.3 is 0 Å². The second-order valence-electron chi connectivity index (χ2n) is 7.28. The van der Waals surface area contributed by atoms with E-state index in [0.717, 1.165) is 13.1 Å². The number of carbonyl (C=O) groups excluding carboxylic acids is 1. The van der Waals surface area contributed by atoms with Crippen LogP contribution >= 0.6 is 23.6 Å². The molecule has 1 fully saturated rings. The monoisotopic (exact) mass is 456 g/mol. The van der Waals surface area contributed by atoms with Crippen LogP contribution in [0.25, 0.3) is 10.9 Å². The first kappa shape index (κ1) is 21.6. The number of benzene rings is 1. The predicted octanol–water partition coefficient (Wildman–Crippen LogP) is 3.11.